The van der Waals surface area contributed by atoms with Crippen molar-refractivity contribution in [3.05, 3.63) is 65.9 Å². The molecule has 0 spiro atoms. The highest BCUT2D eigenvalue weighted by Gasteiger charge is 2.28. The fraction of sp³-hybridized carbons (Fsp3) is 0.320. The van der Waals surface area contributed by atoms with Gasteiger partial charge in [0.1, 0.15) is 17.5 Å². The van der Waals surface area contributed by atoms with E-state index in [1.165, 1.54) is 13.2 Å². The third kappa shape index (κ3) is 5.71. The molecule has 0 saturated carbocycles. The molecule has 1 unspecified atom stereocenters. The lowest BCUT2D eigenvalue weighted by molar-refractivity contribution is -0.133. The van der Waals surface area contributed by atoms with Crippen LogP contribution >= 0.6 is 0 Å². The molecule has 0 saturated heterocycles. The number of nitrogens with one attached hydrogen (secondary N) is 1. The van der Waals surface area contributed by atoms with Crippen LogP contribution in [0.15, 0.2) is 59.1 Å². The number of amides is 2. The Morgan fingerprint density at radius 3 is 2.42 bits per heavy atom. The minimum atomic E-state index is -0.707. The zero-order valence-electron chi connectivity index (χ0n) is 19.5. The molecule has 174 valence electrons. The van der Waals surface area contributed by atoms with Gasteiger partial charge in [-0.05, 0) is 23.6 Å². The van der Waals surface area contributed by atoms with Crippen LogP contribution in [0.25, 0.3) is 11.3 Å². The number of carbonyl (C=O) groups excluding carboxylic acids is 2. The summed E-state index contributed by atoms with van der Waals surface area (Å²) < 4.78 is 16.0. The van der Waals surface area contributed by atoms with Gasteiger partial charge in [0.25, 0.3) is 5.91 Å². The van der Waals surface area contributed by atoms with Crippen LogP contribution < -0.4 is 14.8 Å². The molecule has 1 aromatic heterocycles. The maximum Gasteiger partial charge on any atom is 0.274 e. The van der Waals surface area contributed by atoms with Crippen LogP contribution in [0.2, 0.25) is 0 Å². The van der Waals surface area contributed by atoms with E-state index in [0.717, 1.165) is 5.56 Å². The van der Waals surface area contributed by atoms with Crippen LogP contribution in [0.5, 0.6) is 11.5 Å². The number of rotatable bonds is 9. The molecule has 0 fully saturated rings. The quantitative estimate of drug-likeness (QED) is 0.532. The Morgan fingerprint density at radius 1 is 1.06 bits per heavy atom. The van der Waals surface area contributed by atoms with E-state index < -0.39 is 11.9 Å². The molecule has 33 heavy (non-hydrogen) atoms. The van der Waals surface area contributed by atoms with E-state index >= 15 is 0 Å². The number of ether oxygens (including phenoxy) is 2. The zero-order valence-corrected chi connectivity index (χ0v) is 19.5. The van der Waals surface area contributed by atoms with Crippen molar-refractivity contribution in [2.24, 2.45) is 5.92 Å². The van der Waals surface area contributed by atoms with Crippen LogP contribution in [0.1, 0.15) is 29.9 Å². The Bertz CT molecular complexity index is 1090. The van der Waals surface area contributed by atoms with Gasteiger partial charge in [-0.15, -0.1) is 0 Å². The summed E-state index contributed by atoms with van der Waals surface area (Å²) in [5.41, 5.74) is 1.72. The van der Waals surface area contributed by atoms with Gasteiger partial charge in [-0.25, -0.2) is 0 Å². The standard InChI is InChI=1S/C25H29N3O5/c1-16(2)23(25(30)28(3)15-17-9-7-6-8-10-17)26-24(29)20-14-22(33-27-20)19-12-11-18(31-4)13-21(19)32-5/h6-14,16,23H,15H2,1-5H3,(H,26,29). The Kier molecular flexibility index (Phi) is 7.71. The van der Waals surface area contributed by atoms with Crippen molar-refractivity contribution in [2.75, 3.05) is 21.3 Å². The fourth-order valence-corrected chi connectivity index (χ4v) is 3.41. The molecule has 0 bridgehead atoms. The summed E-state index contributed by atoms with van der Waals surface area (Å²) in [5, 5.41) is 6.70. The molecule has 0 aliphatic rings. The molecule has 0 aliphatic carbocycles. The Morgan fingerprint density at radius 2 is 1.79 bits per heavy atom. The van der Waals surface area contributed by atoms with Gasteiger partial charge in [0.2, 0.25) is 5.91 Å². The molecule has 0 radical (unpaired) electrons. The first-order valence-electron chi connectivity index (χ1n) is 10.6. The fourth-order valence-electron chi connectivity index (χ4n) is 3.41. The largest absolute Gasteiger partial charge is 0.497 e. The predicted molar refractivity (Wildman–Crippen MR) is 124 cm³/mol. The predicted octanol–water partition coefficient (Wildman–Crippen LogP) is 3.77. The summed E-state index contributed by atoms with van der Waals surface area (Å²) in [5.74, 6) is 0.739. The van der Waals surface area contributed by atoms with Gasteiger partial charge in [-0.1, -0.05) is 49.3 Å². The molecule has 2 aromatic carbocycles. The van der Waals surface area contributed by atoms with Crippen molar-refractivity contribution < 1.29 is 23.6 Å². The molecule has 1 atom stereocenters. The molecular weight excluding hydrogens is 422 g/mol. The number of nitrogens with zero attached hydrogens (tertiary/aromatic N) is 2. The topological polar surface area (TPSA) is 93.9 Å². The Labute approximate surface area is 193 Å². The smallest absolute Gasteiger partial charge is 0.274 e. The molecule has 0 aliphatic heterocycles. The summed E-state index contributed by atoms with van der Waals surface area (Å²) >= 11 is 0. The molecule has 3 aromatic rings. The van der Waals surface area contributed by atoms with E-state index in [0.29, 0.717) is 29.4 Å². The van der Waals surface area contributed by atoms with Crippen molar-refractivity contribution in [3.8, 4) is 22.8 Å². The van der Waals surface area contributed by atoms with E-state index in [2.05, 4.69) is 10.5 Å². The van der Waals surface area contributed by atoms with Crippen LogP contribution in [0.3, 0.4) is 0 Å². The number of methoxy groups -OCH3 is 2. The van der Waals surface area contributed by atoms with E-state index in [1.54, 1.807) is 37.3 Å². The maximum atomic E-state index is 13.1. The van der Waals surface area contributed by atoms with Crippen molar-refractivity contribution >= 4 is 11.8 Å². The highest BCUT2D eigenvalue weighted by atomic mass is 16.5. The lowest BCUT2D eigenvalue weighted by atomic mass is 10.0. The van der Waals surface area contributed by atoms with Crippen molar-refractivity contribution in [2.45, 2.75) is 26.4 Å². The van der Waals surface area contributed by atoms with E-state index in [-0.39, 0.29) is 17.5 Å². The van der Waals surface area contributed by atoms with Gasteiger partial charge >= 0.3 is 0 Å². The monoisotopic (exact) mass is 451 g/mol. The summed E-state index contributed by atoms with van der Waals surface area (Å²) in [4.78, 5) is 27.6. The van der Waals surface area contributed by atoms with Gasteiger partial charge in [0.05, 0.1) is 19.8 Å². The van der Waals surface area contributed by atoms with Crippen molar-refractivity contribution in [1.29, 1.82) is 0 Å². The summed E-state index contributed by atoms with van der Waals surface area (Å²) in [6, 6.07) is 15.7. The first-order valence-corrected chi connectivity index (χ1v) is 10.6. The number of carbonyl (C=O) groups is 2. The normalized spacial score (nSPS) is 11.7. The van der Waals surface area contributed by atoms with Crippen LogP contribution in [0, 0.1) is 5.92 Å². The first-order chi connectivity index (χ1) is 15.8. The summed E-state index contributed by atoms with van der Waals surface area (Å²) in [6.45, 7) is 4.22. The van der Waals surface area contributed by atoms with Gasteiger partial charge in [-0.3, -0.25) is 9.59 Å². The van der Waals surface area contributed by atoms with E-state index in [1.807, 2.05) is 44.2 Å². The lowest BCUT2D eigenvalue weighted by Gasteiger charge is -2.27. The zero-order chi connectivity index (χ0) is 24.0. The minimum absolute atomic E-state index is 0.0760. The van der Waals surface area contributed by atoms with Gasteiger partial charge in [-0.2, -0.15) is 0 Å². The molecule has 1 N–H and O–H groups in total. The van der Waals surface area contributed by atoms with Crippen LogP contribution in [0.4, 0.5) is 0 Å². The highest BCUT2D eigenvalue weighted by Crippen LogP contribution is 2.33. The lowest BCUT2D eigenvalue weighted by Crippen LogP contribution is -2.50. The highest BCUT2D eigenvalue weighted by molar-refractivity contribution is 5.96. The third-order valence-corrected chi connectivity index (χ3v) is 5.28. The second-order valence-corrected chi connectivity index (χ2v) is 8.02. The van der Waals surface area contributed by atoms with Crippen LogP contribution in [-0.4, -0.2) is 49.2 Å². The SMILES string of the molecule is COc1ccc(-c2cc(C(=O)NC(C(=O)N(C)Cc3ccccc3)C(C)C)no2)c(OC)c1. The van der Waals surface area contributed by atoms with Gasteiger partial charge < -0.3 is 24.2 Å². The number of hydrogen-bond acceptors (Lipinski definition) is 6. The van der Waals surface area contributed by atoms with Gasteiger partial charge in [0.15, 0.2) is 11.5 Å². The molecule has 8 nitrogen and oxygen atoms in total. The van der Waals surface area contributed by atoms with Gasteiger partial charge in [0, 0.05) is 25.7 Å². The molecular formula is C25H29N3O5. The molecule has 1 heterocycles. The van der Waals surface area contributed by atoms with Crippen molar-refractivity contribution in [3.63, 3.8) is 0 Å². The number of aromatic nitrogens is 1. The molecule has 3 rings (SSSR count). The first kappa shape index (κ1) is 23.8. The maximum absolute atomic E-state index is 13.1. The number of likely N-dealkylation sites (N-methyl/N-ethyl adjacent to an activating group) is 1. The summed E-state index contributed by atoms with van der Waals surface area (Å²) in [6.07, 6.45) is 0. The van der Waals surface area contributed by atoms with Crippen molar-refractivity contribution in [1.82, 2.24) is 15.4 Å². The average molecular weight is 452 g/mol. The van der Waals surface area contributed by atoms with E-state index in [9.17, 15) is 9.59 Å². The van der Waals surface area contributed by atoms with Crippen LogP contribution in [-0.2, 0) is 11.3 Å². The third-order valence-electron chi connectivity index (χ3n) is 5.28. The average Bonchev–Trinajstić information content (AvgIpc) is 3.32. The second-order valence-electron chi connectivity index (χ2n) is 8.02. The Balaban J connectivity index is 1.74. The molecule has 2 amide bonds. The number of benzene rings is 2. The second kappa shape index (κ2) is 10.7. The van der Waals surface area contributed by atoms with E-state index in [4.69, 9.17) is 14.0 Å². The Hall–Kier alpha value is -3.81. The number of hydrogen-bond donors (Lipinski definition) is 1. The molecule has 8 heteroatoms. The summed E-state index contributed by atoms with van der Waals surface area (Å²) in [7, 11) is 4.82. The minimum Gasteiger partial charge on any atom is -0.497 e.